The molecule has 1 aliphatic heterocycles. The van der Waals surface area contributed by atoms with Gasteiger partial charge >= 0.3 is 6.18 Å². The first kappa shape index (κ1) is 30.1. The van der Waals surface area contributed by atoms with Gasteiger partial charge in [0.25, 0.3) is 0 Å². The lowest BCUT2D eigenvalue weighted by Gasteiger charge is -2.49. The van der Waals surface area contributed by atoms with E-state index in [1.54, 1.807) is 12.1 Å². The number of hydrogen-bond acceptors (Lipinski definition) is 3. The molecule has 3 nitrogen and oxygen atoms in total. The minimum atomic E-state index is -4.39. The Morgan fingerprint density at radius 1 is 0.857 bits per heavy atom. The zero-order valence-corrected chi connectivity index (χ0v) is 23.9. The van der Waals surface area contributed by atoms with Crippen molar-refractivity contribution in [1.29, 1.82) is 0 Å². The van der Waals surface area contributed by atoms with Crippen LogP contribution in [0.2, 0.25) is 0 Å². The van der Waals surface area contributed by atoms with Crippen molar-refractivity contribution in [3.05, 3.63) is 124 Å². The Morgan fingerprint density at radius 2 is 1.48 bits per heavy atom. The van der Waals surface area contributed by atoms with Gasteiger partial charge < -0.3 is 10.1 Å². The van der Waals surface area contributed by atoms with Crippen LogP contribution in [0.3, 0.4) is 0 Å². The van der Waals surface area contributed by atoms with Crippen LogP contribution >= 0.6 is 0 Å². The van der Waals surface area contributed by atoms with Gasteiger partial charge in [0.2, 0.25) is 0 Å². The van der Waals surface area contributed by atoms with Gasteiger partial charge in [-0.3, -0.25) is 0 Å². The maximum atomic E-state index is 14.1. The van der Waals surface area contributed by atoms with E-state index < -0.39 is 17.3 Å². The van der Waals surface area contributed by atoms with E-state index in [-0.39, 0.29) is 18.3 Å². The monoisotopic (exact) mass is 578 g/mol. The molecule has 3 N–H and O–H groups in total. The average Bonchev–Trinajstić information content (AvgIpc) is 3.52. The molecule has 2 aliphatic rings. The van der Waals surface area contributed by atoms with Gasteiger partial charge in [0, 0.05) is 11.6 Å². The third-order valence-electron chi connectivity index (χ3n) is 9.08. The fourth-order valence-corrected chi connectivity index (χ4v) is 6.68. The number of aryl methyl sites for hydroxylation is 2. The number of benzene rings is 3. The highest BCUT2D eigenvalue weighted by Crippen LogP contribution is 2.49. The van der Waals surface area contributed by atoms with Crippen LogP contribution in [-0.4, -0.2) is 22.3 Å². The Bertz CT molecular complexity index is 1420. The molecule has 0 bridgehead atoms. The smallest absolute Gasteiger partial charge is 0.392 e. The lowest BCUT2D eigenvalue weighted by molar-refractivity contribution is -0.137. The second kappa shape index (κ2) is 12.4. The Labute approximate surface area is 245 Å². The molecule has 42 heavy (non-hydrogen) atoms. The van der Waals surface area contributed by atoms with Crippen molar-refractivity contribution in [2.45, 2.75) is 70.0 Å². The molecular formula is C35H38F4N2O. The van der Waals surface area contributed by atoms with E-state index in [0.717, 1.165) is 77.8 Å². The van der Waals surface area contributed by atoms with Crippen LogP contribution in [0.4, 0.5) is 17.6 Å². The lowest BCUT2D eigenvalue weighted by atomic mass is 9.72. The molecule has 0 spiro atoms. The predicted molar refractivity (Wildman–Crippen MR) is 158 cm³/mol. The molecule has 1 atom stereocenters. The van der Waals surface area contributed by atoms with Crippen molar-refractivity contribution in [1.82, 2.24) is 5.01 Å². The van der Waals surface area contributed by atoms with Crippen molar-refractivity contribution in [3.8, 4) is 0 Å². The molecule has 1 heterocycles. The molecule has 1 saturated carbocycles. The normalized spacial score (nSPS) is 20.1. The molecule has 0 amide bonds. The van der Waals surface area contributed by atoms with Crippen molar-refractivity contribution >= 4 is 5.57 Å². The number of allylic oxidation sites excluding steroid dienone is 3. The first-order valence-corrected chi connectivity index (χ1v) is 14.7. The number of aliphatic hydroxyl groups excluding tert-OH is 1. The van der Waals surface area contributed by atoms with E-state index in [9.17, 15) is 22.7 Å². The van der Waals surface area contributed by atoms with Gasteiger partial charge in [-0.05, 0) is 103 Å². The van der Waals surface area contributed by atoms with Crippen LogP contribution < -0.4 is 5.84 Å². The summed E-state index contributed by atoms with van der Waals surface area (Å²) in [4.78, 5) is 0. The van der Waals surface area contributed by atoms with Gasteiger partial charge in [-0.2, -0.15) is 13.2 Å². The summed E-state index contributed by atoms with van der Waals surface area (Å²) in [6, 6.07) is 21.8. The van der Waals surface area contributed by atoms with Crippen molar-refractivity contribution in [2.75, 3.05) is 6.61 Å². The Morgan fingerprint density at radius 3 is 2.07 bits per heavy atom. The third kappa shape index (κ3) is 6.18. The number of rotatable bonds is 9. The average molecular weight is 579 g/mol. The second-order valence-corrected chi connectivity index (χ2v) is 11.7. The number of hydrazine groups is 1. The van der Waals surface area contributed by atoms with Crippen molar-refractivity contribution in [2.24, 2.45) is 11.8 Å². The van der Waals surface area contributed by atoms with Gasteiger partial charge in [-0.15, -0.1) is 0 Å². The zero-order valence-electron chi connectivity index (χ0n) is 23.9. The van der Waals surface area contributed by atoms with E-state index in [1.165, 1.54) is 29.8 Å². The zero-order chi connectivity index (χ0) is 29.9. The highest BCUT2D eigenvalue weighted by Gasteiger charge is 2.44. The van der Waals surface area contributed by atoms with E-state index in [2.05, 4.69) is 19.1 Å². The van der Waals surface area contributed by atoms with Crippen LogP contribution in [0.5, 0.6) is 0 Å². The molecule has 1 unspecified atom stereocenters. The summed E-state index contributed by atoms with van der Waals surface area (Å²) in [5.74, 6) is 6.98. The summed E-state index contributed by atoms with van der Waals surface area (Å²) in [6.07, 6.45) is 2.23. The topological polar surface area (TPSA) is 49.5 Å². The summed E-state index contributed by atoms with van der Waals surface area (Å²) >= 11 is 0. The largest absolute Gasteiger partial charge is 0.416 e. The van der Waals surface area contributed by atoms with Crippen LogP contribution in [0.1, 0.15) is 67.7 Å². The standard InChI is InChI=1S/C35H38F4N2O/c1-34(22-21-24-7-3-2-4-8-24)31(23-42)32(26-14-18-29(36)19-15-26)30(33(41(34)40)27-9-5-6-10-27)20-13-25-11-16-28(17-12-25)35(37,38)39/h2-4,7-8,11-12,14-19,27,42H,5-6,9-10,13,20-23,40H2,1H3. The van der Waals surface area contributed by atoms with Gasteiger partial charge in [-0.1, -0.05) is 67.4 Å². The number of aliphatic hydroxyl groups is 1. The van der Waals surface area contributed by atoms with Crippen LogP contribution in [-0.2, 0) is 19.0 Å². The van der Waals surface area contributed by atoms with E-state index in [4.69, 9.17) is 5.84 Å². The first-order valence-electron chi connectivity index (χ1n) is 14.7. The fraction of sp³-hybridized carbons (Fsp3) is 0.371. The second-order valence-electron chi connectivity index (χ2n) is 11.7. The molecule has 1 aliphatic carbocycles. The number of hydrogen-bond donors (Lipinski definition) is 2. The first-order chi connectivity index (χ1) is 20.1. The Hall–Kier alpha value is -3.42. The van der Waals surface area contributed by atoms with Crippen molar-refractivity contribution in [3.63, 3.8) is 0 Å². The quantitative estimate of drug-likeness (QED) is 0.199. The molecular weight excluding hydrogens is 540 g/mol. The summed E-state index contributed by atoms with van der Waals surface area (Å²) in [5, 5.41) is 12.8. The molecule has 7 heteroatoms. The summed E-state index contributed by atoms with van der Waals surface area (Å²) in [5.41, 5.74) is 5.05. The van der Waals surface area contributed by atoms with Crippen LogP contribution in [0.15, 0.2) is 95.7 Å². The highest BCUT2D eigenvalue weighted by molar-refractivity contribution is 5.85. The number of nitrogens with two attached hydrogens (primary N) is 1. The SMILES string of the molecule is CC1(CCc2ccccc2)C(CO)=C(c2ccc(F)cc2)C(CCc2ccc(C(F)(F)F)cc2)=C(C2CCCC2)N1N. The molecule has 3 aromatic rings. The van der Waals surface area contributed by atoms with Crippen molar-refractivity contribution < 1.29 is 22.7 Å². The minimum Gasteiger partial charge on any atom is -0.392 e. The molecule has 3 aromatic carbocycles. The van der Waals surface area contributed by atoms with E-state index in [0.29, 0.717) is 19.3 Å². The van der Waals surface area contributed by atoms with E-state index in [1.807, 2.05) is 23.2 Å². The van der Waals surface area contributed by atoms with Gasteiger partial charge in [0.15, 0.2) is 0 Å². The minimum absolute atomic E-state index is 0.226. The van der Waals surface area contributed by atoms with Gasteiger partial charge in [-0.25, -0.2) is 10.2 Å². The Kier molecular flexibility index (Phi) is 8.90. The molecule has 1 fully saturated rings. The number of alkyl halides is 3. The van der Waals surface area contributed by atoms with Gasteiger partial charge in [0.1, 0.15) is 5.82 Å². The number of nitrogens with zero attached hydrogens (tertiary/aromatic N) is 1. The maximum absolute atomic E-state index is 14.1. The molecule has 0 saturated heterocycles. The molecule has 0 aromatic heterocycles. The van der Waals surface area contributed by atoms with Gasteiger partial charge in [0.05, 0.1) is 17.7 Å². The fourth-order valence-electron chi connectivity index (χ4n) is 6.68. The Balaban J connectivity index is 1.61. The summed E-state index contributed by atoms with van der Waals surface area (Å²) < 4.78 is 53.6. The summed E-state index contributed by atoms with van der Waals surface area (Å²) in [7, 11) is 0. The van der Waals surface area contributed by atoms with Crippen LogP contribution in [0, 0.1) is 11.7 Å². The van der Waals surface area contributed by atoms with Crippen LogP contribution in [0.25, 0.3) is 5.57 Å². The predicted octanol–water partition coefficient (Wildman–Crippen LogP) is 8.25. The molecule has 0 radical (unpaired) electrons. The highest BCUT2D eigenvalue weighted by atomic mass is 19.4. The third-order valence-corrected chi connectivity index (χ3v) is 9.08. The maximum Gasteiger partial charge on any atom is 0.416 e. The number of halogens is 4. The summed E-state index contributed by atoms with van der Waals surface area (Å²) in [6.45, 7) is 1.85. The molecule has 222 valence electrons. The molecule has 5 rings (SSSR count). The van der Waals surface area contributed by atoms with E-state index >= 15 is 0 Å². The lowest BCUT2D eigenvalue weighted by Crippen LogP contribution is -2.56.